The van der Waals surface area contributed by atoms with Crippen LogP contribution in [0.1, 0.15) is 28.7 Å². The monoisotopic (exact) mass is 411 g/mol. The molecule has 2 rings (SSSR count). The normalized spacial score (nSPS) is 11.6. The molecule has 0 spiro atoms. The molecule has 1 aromatic heterocycles. The van der Waals surface area contributed by atoms with Gasteiger partial charge in [0.15, 0.2) is 5.78 Å². The number of Topliss-reactive ketones (excluding diaryl/α,β-unsaturated/α-hetero) is 1. The Balaban J connectivity index is 1.90. The van der Waals surface area contributed by atoms with Crippen LogP contribution in [0.3, 0.4) is 0 Å². The third-order valence-electron chi connectivity index (χ3n) is 4.39. The van der Waals surface area contributed by atoms with Gasteiger partial charge in [-0.1, -0.05) is 0 Å². The molecule has 0 aliphatic rings. The van der Waals surface area contributed by atoms with Crippen molar-refractivity contribution < 1.29 is 27.5 Å². The van der Waals surface area contributed by atoms with E-state index in [1.54, 1.807) is 11.9 Å². The van der Waals surface area contributed by atoms with Crippen molar-refractivity contribution in [2.75, 3.05) is 25.5 Å². The van der Waals surface area contributed by atoms with Gasteiger partial charge in [-0.15, -0.1) is 13.2 Å². The highest BCUT2D eigenvalue weighted by Crippen LogP contribution is 2.24. The number of nitrogens with one attached hydrogen (secondary N) is 1. The SMILES string of the molecule is CCn1c(C)cc(C(=O)CN(C)CC(=O)Nc2ccc(OC(F)(F)F)cc2)c1C. The van der Waals surface area contributed by atoms with Crippen molar-refractivity contribution in [3.63, 3.8) is 0 Å². The number of ether oxygens (including phenoxy) is 1. The van der Waals surface area contributed by atoms with E-state index in [0.717, 1.165) is 30.1 Å². The maximum absolute atomic E-state index is 12.6. The molecule has 9 heteroatoms. The van der Waals surface area contributed by atoms with Crippen molar-refractivity contribution in [1.82, 2.24) is 9.47 Å². The van der Waals surface area contributed by atoms with Crippen LogP contribution in [0.4, 0.5) is 18.9 Å². The molecule has 1 heterocycles. The zero-order valence-corrected chi connectivity index (χ0v) is 16.8. The van der Waals surface area contributed by atoms with Crippen LogP contribution in [0.25, 0.3) is 0 Å². The fraction of sp³-hybridized carbons (Fsp3) is 0.400. The molecule has 1 amide bonds. The number of aromatic nitrogens is 1. The number of hydrogen-bond donors (Lipinski definition) is 1. The second kappa shape index (κ2) is 9.13. The lowest BCUT2D eigenvalue weighted by Crippen LogP contribution is -2.34. The second-order valence-corrected chi connectivity index (χ2v) is 6.74. The Labute approximate surface area is 167 Å². The lowest BCUT2D eigenvalue weighted by Gasteiger charge is -2.16. The summed E-state index contributed by atoms with van der Waals surface area (Å²) in [5.41, 5.74) is 2.87. The summed E-state index contributed by atoms with van der Waals surface area (Å²) >= 11 is 0. The summed E-state index contributed by atoms with van der Waals surface area (Å²) in [6, 6.07) is 6.69. The number of anilines is 1. The van der Waals surface area contributed by atoms with Gasteiger partial charge in [-0.2, -0.15) is 0 Å². The summed E-state index contributed by atoms with van der Waals surface area (Å²) in [5.74, 6) is -0.839. The smallest absolute Gasteiger partial charge is 0.406 e. The molecule has 0 unspecified atom stereocenters. The highest BCUT2D eigenvalue weighted by molar-refractivity contribution is 5.99. The van der Waals surface area contributed by atoms with Crippen molar-refractivity contribution in [2.45, 2.75) is 33.7 Å². The van der Waals surface area contributed by atoms with E-state index in [-0.39, 0.29) is 30.5 Å². The highest BCUT2D eigenvalue weighted by atomic mass is 19.4. The summed E-state index contributed by atoms with van der Waals surface area (Å²) in [5, 5.41) is 2.58. The molecule has 1 N–H and O–H groups in total. The van der Waals surface area contributed by atoms with E-state index >= 15 is 0 Å². The Bertz CT molecular complexity index is 874. The first-order valence-electron chi connectivity index (χ1n) is 9.04. The summed E-state index contributed by atoms with van der Waals surface area (Å²) in [6.07, 6.45) is -4.77. The van der Waals surface area contributed by atoms with E-state index in [4.69, 9.17) is 0 Å². The fourth-order valence-corrected chi connectivity index (χ4v) is 3.14. The van der Waals surface area contributed by atoms with Gasteiger partial charge >= 0.3 is 6.36 Å². The maximum Gasteiger partial charge on any atom is 0.573 e. The zero-order valence-electron chi connectivity index (χ0n) is 16.8. The number of likely N-dealkylation sites (N-methyl/N-ethyl adjacent to an activating group) is 1. The summed E-state index contributed by atoms with van der Waals surface area (Å²) in [6.45, 7) is 6.64. The predicted molar refractivity (Wildman–Crippen MR) is 103 cm³/mol. The molecule has 0 saturated carbocycles. The van der Waals surface area contributed by atoms with E-state index in [2.05, 4.69) is 10.1 Å². The Morgan fingerprint density at radius 2 is 1.76 bits per heavy atom. The van der Waals surface area contributed by atoms with Gasteiger partial charge < -0.3 is 14.6 Å². The molecule has 6 nitrogen and oxygen atoms in total. The maximum atomic E-state index is 12.6. The number of nitrogens with zero attached hydrogens (tertiary/aromatic N) is 2. The van der Waals surface area contributed by atoms with Gasteiger partial charge in [-0.3, -0.25) is 14.5 Å². The molecular weight excluding hydrogens is 387 g/mol. The topological polar surface area (TPSA) is 63.6 Å². The van der Waals surface area contributed by atoms with E-state index in [1.165, 1.54) is 12.1 Å². The number of alkyl halides is 3. The molecule has 0 aliphatic heterocycles. The number of hydrogen-bond acceptors (Lipinski definition) is 4. The molecule has 0 radical (unpaired) electrons. The molecule has 0 bridgehead atoms. The van der Waals surface area contributed by atoms with Crippen molar-refractivity contribution in [3.8, 4) is 5.75 Å². The van der Waals surface area contributed by atoms with Gasteiger partial charge in [0.1, 0.15) is 5.75 Å². The Morgan fingerprint density at radius 1 is 1.14 bits per heavy atom. The van der Waals surface area contributed by atoms with Crippen LogP contribution in [-0.4, -0.2) is 47.7 Å². The van der Waals surface area contributed by atoms with E-state index in [0.29, 0.717) is 11.3 Å². The largest absolute Gasteiger partial charge is 0.573 e. The molecule has 0 fully saturated rings. The molecule has 0 atom stereocenters. The lowest BCUT2D eigenvalue weighted by molar-refractivity contribution is -0.274. The molecular formula is C20H24F3N3O3. The number of aryl methyl sites for hydroxylation is 1. The third-order valence-corrected chi connectivity index (χ3v) is 4.39. The number of amides is 1. The van der Waals surface area contributed by atoms with Crippen molar-refractivity contribution in [3.05, 3.63) is 47.3 Å². The lowest BCUT2D eigenvalue weighted by atomic mass is 10.1. The summed E-state index contributed by atoms with van der Waals surface area (Å²) < 4.78 is 42.3. The molecule has 2 aromatic rings. The summed E-state index contributed by atoms with van der Waals surface area (Å²) in [4.78, 5) is 26.3. The van der Waals surface area contributed by atoms with Gasteiger partial charge in [-0.25, -0.2) is 0 Å². The van der Waals surface area contributed by atoms with Gasteiger partial charge in [0, 0.05) is 29.2 Å². The molecule has 1 aromatic carbocycles. The Morgan fingerprint density at radius 3 is 2.28 bits per heavy atom. The minimum atomic E-state index is -4.77. The average molecular weight is 411 g/mol. The van der Waals surface area contributed by atoms with Crippen LogP contribution in [0.5, 0.6) is 5.75 Å². The molecule has 29 heavy (non-hydrogen) atoms. The van der Waals surface area contributed by atoms with Crippen LogP contribution in [0.2, 0.25) is 0 Å². The van der Waals surface area contributed by atoms with Gasteiger partial charge in [0.25, 0.3) is 0 Å². The van der Waals surface area contributed by atoms with Gasteiger partial charge in [0.05, 0.1) is 13.1 Å². The van der Waals surface area contributed by atoms with Crippen molar-refractivity contribution in [1.29, 1.82) is 0 Å². The minimum Gasteiger partial charge on any atom is -0.406 e. The Kier molecular flexibility index (Phi) is 7.07. The predicted octanol–water partition coefficient (Wildman–Crippen LogP) is 3.78. The molecule has 0 aliphatic carbocycles. The number of carbonyl (C=O) groups excluding carboxylic acids is 2. The number of benzene rings is 1. The van der Waals surface area contributed by atoms with Crippen LogP contribution in [0, 0.1) is 13.8 Å². The number of rotatable bonds is 8. The zero-order chi connectivity index (χ0) is 21.8. The van der Waals surface area contributed by atoms with Gasteiger partial charge in [-0.05, 0) is 58.2 Å². The second-order valence-electron chi connectivity index (χ2n) is 6.74. The summed E-state index contributed by atoms with van der Waals surface area (Å²) in [7, 11) is 1.65. The first kappa shape index (κ1) is 22.5. The first-order chi connectivity index (χ1) is 13.5. The minimum absolute atomic E-state index is 0.0426. The van der Waals surface area contributed by atoms with Crippen LogP contribution in [-0.2, 0) is 11.3 Å². The Hall–Kier alpha value is -2.81. The third kappa shape index (κ3) is 6.35. The van der Waals surface area contributed by atoms with Crippen molar-refractivity contribution in [2.24, 2.45) is 0 Å². The molecule has 0 saturated heterocycles. The molecule has 158 valence electrons. The number of halogens is 3. The number of carbonyl (C=O) groups is 2. The van der Waals surface area contributed by atoms with Crippen LogP contribution < -0.4 is 10.1 Å². The van der Waals surface area contributed by atoms with Crippen molar-refractivity contribution >= 4 is 17.4 Å². The van der Waals surface area contributed by atoms with E-state index in [1.807, 2.05) is 31.4 Å². The number of ketones is 1. The standard InChI is InChI=1S/C20H24F3N3O3/c1-5-26-13(2)10-17(14(26)3)18(27)11-25(4)12-19(28)24-15-6-8-16(9-7-15)29-20(21,22)23/h6-10H,5,11-12H2,1-4H3,(H,24,28). The van der Waals surface area contributed by atoms with E-state index in [9.17, 15) is 22.8 Å². The van der Waals surface area contributed by atoms with Gasteiger partial charge in [0.2, 0.25) is 5.91 Å². The highest BCUT2D eigenvalue weighted by Gasteiger charge is 2.31. The van der Waals surface area contributed by atoms with E-state index < -0.39 is 6.36 Å². The average Bonchev–Trinajstić information content (AvgIpc) is 2.89. The quantitative estimate of drug-likeness (QED) is 0.672. The van der Waals surface area contributed by atoms with Crippen LogP contribution in [0.15, 0.2) is 30.3 Å². The van der Waals surface area contributed by atoms with Crippen LogP contribution >= 0.6 is 0 Å². The fourth-order valence-electron chi connectivity index (χ4n) is 3.14. The first-order valence-corrected chi connectivity index (χ1v) is 9.04.